The summed E-state index contributed by atoms with van der Waals surface area (Å²) in [6.07, 6.45) is 0. The van der Waals surface area contributed by atoms with E-state index in [0.29, 0.717) is 22.6 Å². The van der Waals surface area contributed by atoms with E-state index in [0.717, 1.165) is 4.47 Å². The van der Waals surface area contributed by atoms with Crippen molar-refractivity contribution in [3.05, 3.63) is 50.5 Å². The first-order valence-electron chi connectivity index (χ1n) is 8.20. The van der Waals surface area contributed by atoms with Gasteiger partial charge in [0.1, 0.15) is 0 Å². The number of aromatic amines is 1. The summed E-state index contributed by atoms with van der Waals surface area (Å²) in [5.41, 5.74) is 0.775. The highest BCUT2D eigenvalue weighted by Gasteiger charge is 2.18. The number of nitrogens with zero attached hydrogens (tertiary/aromatic N) is 3. The van der Waals surface area contributed by atoms with Gasteiger partial charge in [-0.05, 0) is 30.7 Å². The molecule has 0 aliphatic rings. The SMILES string of the molecule is COc1cc(Br)ccc1OCC(=O)N=Nc1c(O)[nH]c2c(C)cc([N+](=O)[O-])cc12. The first-order valence-corrected chi connectivity index (χ1v) is 9.00. The van der Waals surface area contributed by atoms with Gasteiger partial charge in [-0.1, -0.05) is 15.9 Å². The van der Waals surface area contributed by atoms with Crippen LogP contribution in [0.15, 0.2) is 45.0 Å². The fraction of sp³-hybridized carbons (Fsp3) is 0.167. The summed E-state index contributed by atoms with van der Waals surface area (Å²) in [5.74, 6) is -0.289. The molecule has 3 aromatic rings. The maximum atomic E-state index is 12.0. The monoisotopic (exact) mass is 462 g/mol. The van der Waals surface area contributed by atoms with E-state index in [4.69, 9.17) is 9.47 Å². The molecule has 3 rings (SSSR count). The van der Waals surface area contributed by atoms with Crippen molar-refractivity contribution in [3.8, 4) is 17.4 Å². The molecule has 0 saturated carbocycles. The van der Waals surface area contributed by atoms with E-state index in [-0.39, 0.29) is 22.6 Å². The highest BCUT2D eigenvalue weighted by molar-refractivity contribution is 9.10. The van der Waals surface area contributed by atoms with Crippen molar-refractivity contribution in [2.75, 3.05) is 13.7 Å². The minimum Gasteiger partial charge on any atom is -0.493 e. The number of aryl methyl sites for hydroxylation is 1. The van der Waals surface area contributed by atoms with Crippen molar-refractivity contribution < 1.29 is 24.3 Å². The average molecular weight is 463 g/mol. The van der Waals surface area contributed by atoms with E-state index in [1.807, 2.05) is 0 Å². The Balaban J connectivity index is 1.81. The molecule has 0 bridgehead atoms. The number of nitrogens with one attached hydrogen (secondary N) is 1. The average Bonchev–Trinajstić information content (AvgIpc) is 3.01. The van der Waals surface area contributed by atoms with Crippen molar-refractivity contribution in [1.82, 2.24) is 4.98 Å². The van der Waals surface area contributed by atoms with E-state index in [1.165, 1.54) is 19.2 Å². The van der Waals surface area contributed by atoms with Gasteiger partial charge in [-0.2, -0.15) is 0 Å². The van der Waals surface area contributed by atoms with Gasteiger partial charge in [0.15, 0.2) is 23.8 Å². The third-order valence-corrected chi connectivity index (χ3v) is 4.49. The molecule has 1 heterocycles. The fourth-order valence-corrected chi connectivity index (χ4v) is 3.01. The summed E-state index contributed by atoms with van der Waals surface area (Å²) in [6.45, 7) is 1.24. The van der Waals surface area contributed by atoms with E-state index in [9.17, 15) is 20.0 Å². The summed E-state index contributed by atoms with van der Waals surface area (Å²) < 4.78 is 11.3. The van der Waals surface area contributed by atoms with Crippen LogP contribution in [0, 0.1) is 17.0 Å². The molecule has 0 atom stereocenters. The number of benzene rings is 2. The Morgan fingerprint density at radius 2 is 2.07 bits per heavy atom. The lowest BCUT2D eigenvalue weighted by Gasteiger charge is -2.09. The molecule has 2 N–H and O–H groups in total. The normalized spacial score (nSPS) is 11.1. The van der Waals surface area contributed by atoms with Crippen LogP contribution in [0.3, 0.4) is 0 Å². The predicted molar refractivity (Wildman–Crippen MR) is 107 cm³/mol. The first kappa shape index (κ1) is 20.3. The van der Waals surface area contributed by atoms with Crippen molar-refractivity contribution in [2.24, 2.45) is 10.2 Å². The van der Waals surface area contributed by atoms with Crippen LogP contribution in [0.25, 0.3) is 10.9 Å². The Morgan fingerprint density at radius 1 is 1.31 bits per heavy atom. The highest BCUT2D eigenvalue weighted by atomic mass is 79.9. The lowest BCUT2D eigenvalue weighted by molar-refractivity contribution is -0.384. The number of halogens is 1. The molecule has 10 nitrogen and oxygen atoms in total. The first-order chi connectivity index (χ1) is 13.8. The number of H-pyrrole nitrogens is 1. The molecule has 0 spiro atoms. The number of hydrogen-bond acceptors (Lipinski definition) is 7. The van der Waals surface area contributed by atoms with Crippen LogP contribution < -0.4 is 9.47 Å². The Morgan fingerprint density at radius 3 is 2.76 bits per heavy atom. The second-order valence-corrected chi connectivity index (χ2v) is 6.86. The van der Waals surface area contributed by atoms with E-state index in [1.54, 1.807) is 25.1 Å². The van der Waals surface area contributed by atoms with E-state index in [2.05, 4.69) is 31.1 Å². The summed E-state index contributed by atoms with van der Waals surface area (Å²) in [7, 11) is 1.47. The number of aromatic nitrogens is 1. The van der Waals surface area contributed by atoms with Crippen LogP contribution in [-0.4, -0.2) is 34.6 Å². The van der Waals surface area contributed by atoms with Gasteiger partial charge in [0.25, 0.3) is 5.69 Å². The van der Waals surface area contributed by atoms with Crippen molar-refractivity contribution in [1.29, 1.82) is 0 Å². The van der Waals surface area contributed by atoms with E-state index < -0.39 is 17.4 Å². The van der Waals surface area contributed by atoms with Crippen molar-refractivity contribution in [2.45, 2.75) is 6.92 Å². The number of fused-ring (bicyclic) bond motifs is 1. The van der Waals surface area contributed by atoms with Crippen LogP contribution in [0.4, 0.5) is 11.4 Å². The second kappa shape index (κ2) is 8.27. The largest absolute Gasteiger partial charge is 0.493 e. The van der Waals surface area contributed by atoms with Gasteiger partial charge < -0.3 is 19.6 Å². The molecule has 2 aromatic carbocycles. The number of carbonyl (C=O) groups excluding carboxylic acids is 1. The molecule has 1 aromatic heterocycles. The van der Waals surface area contributed by atoms with Gasteiger partial charge in [-0.3, -0.25) is 14.9 Å². The van der Waals surface area contributed by atoms with Crippen molar-refractivity contribution >= 4 is 44.1 Å². The number of methoxy groups -OCH3 is 1. The molecule has 150 valence electrons. The zero-order valence-electron chi connectivity index (χ0n) is 15.3. The number of rotatable bonds is 6. The van der Waals surface area contributed by atoms with Crippen molar-refractivity contribution in [3.63, 3.8) is 0 Å². The number of nitro benzene ring substituents is 1. The molecule has 1 amide bonds. The quantitative estimate of drug-likeness (QED) is 0.312. The zero-order valence-corrected chi connectivity index (χ0v) is 16.9. The Kier molecular flexibility index (Phi) is 5.78. The minimum absolute atomic E-state index is 0.0682. The van der Waals surface area contributed by atoms with Gasteiger partial charge in [-0.15, -0.1) is 10.2 Å². The standard InChI is InChI=1S/C18H15BrN4O6/c1-9-5-11(23(26)27)7-12-16(9)20-18(25)17(12)22-21-15(24)8-29-13-4-3-10(19)6-14(13)28-2/h3-7,20,25H,8H2,1-2H3. The van der Waals surface area contributed by atoms with Gasteiger partial charge in [-0.25, -0.2) is 0 Å². The van der Waals surface area contributed by atoms with Gasteiger partial charge in [0.2, 0.25) is 5.88 Å². The lowest BCUT2D eigenvalue weighted by atomic mass is 10.1. The Labute approximate surface area is 172 Å². The van der Waals surface area contributed by atoms with Gasteiger partial charge in [0, 0.05) is 22.0 Å². The molecule has 0 saturated heterocycles. The summed E-state index contributed by atoms with van der Waals surface area (Å²) in [4.78, 5) is 25.2. The minimum atomic E-state index is -0.717. The highest BCUT2D eigenvalue weighted by Crippen LogP contribution is 2.39. The number of azo groups is 1. The predicted octanol–water partition coefficient (Wildman–Crippen LogP) is 4.55. The molecule has 0 aliphatic heterocycles. The molecule has 0 unspecified atom stereocenters. The number of non-ortho nitro benzene ring substituents is 1. The Bertz CT molecular complexity index is 1140. The summed E-state index contributed by atoms with van der Waals surface area (Å²) in [6, 6.07) is 7.65. The maximum Gasteiger partial charge on any atom is 0.302 e. The van der Waals surface area contributed by atoms with Crippen LogP contribution in [0.1, 0.15) is 5.56 Å². The van der Waals surface area contributed by atoms with Crippen LogP contribution >= 0.6 is 15.9 Å². The number of carbonyl (C=O) groups is 1. The summed E-state index contributed by atoms with van der Waals surface area (Å²) >= 11 is 3.30. The van der Waals surface area contributed by atoms with Crippen LogP contribution in [0.5, 0.6) is 17.4 Å². The maximum absolute atomic E-state index is 12.0. The molecular weight excluding hydrogens is 448 g/mol. The molecule has 0 aliphatic carbocycles. The third kappa shape index (κ3) is 4.35. The zero-order chi connectivity index (χ0) is 21.1. The topological polar surface area (TPSA) is 139 Å². The number of amides is 1. The van der Waals surface area contributed by atoms with Crippen LogP contribution in [-0.2, 0) is 4.79 Å². The number of aromatic hydroxyl groups is 1. The summed E-state index contributed by atoms with van der Waals surface area (Å²) in [5, 5.41) is 28.7. The molecule has 11 heteroatoms. The molecule has 0 radical (unpaired) electrons. The number of ether oxygens (including phenoxy) is 2. The second-order valence-electron chi connectivity index (χ2n) is 5.94. The smallest absolute Gasteiger partial charge is 0.302 e. The van der Waals surface area contributed by atoms with Gasteiger partial charge >= 0.3 is 5.91 Å². The lowest BCUT2D eigenvalue weighted by Crippen LogP contribution is -2.08. The van der Waals surface area contributed by atoms with Crippen LogP contribution in [0.2, 0.25) is 0 Å². The molecule has 29 heavy (non-hydrogen) atoms. The number of nitro groups is 1. The molecular formula is C18H15BrN4O6. The van der Waals surface area contributed by atoms with Gasteiger partial charge in [0.05, 0.1) is 17.5 Å². The molecule has 0 fully saturated rings. The fourth-order valence-electron chi connectivity index (χ4n) is 2.67. The Hall–Kier alpha value is -3.47. The number of hydrogen-bond donors (Lipinski definition) is 2. The van der Waals surface area contributed by atoms with E-state index >= 15 is 0 Å². The third-order valence-electron chi connectivity index (χ3n) is 3.99.